The van der Waals surface area contributed by atoms with Crippen molar-refractivity contribution in [2.45, 2.75) is 13.2 Å². The monoisotopic (exact) mass is 270 g/mol. The Morgan fingerprint density at radius 2 is 1.95 bits per heavy atom. The molecule has 3 aromatic rings. The second kappa shape index (κ2) is 5.38. The zero-order valence-electron chi connectivity index (χ0n) is 10.4. The fourth-order valence-corrected chi connectivity index (χ4v) is 2.68. The number of hydrogen-bond donors (Lipinski definition) is 1. The molecule has 4 heteroatoms. The van der Waals surface area contributed by atoms with Crippen molar-refractivity contribution in [3.8, 4) is 5.75 Å². The maximum Gasteiger partial charge on any atom is 0.140 e. The van der Waals surface area contributed by atoms with Crippen LogP contribution in [0.1, 0.15) is 9.88 Å². The summed E-state index contributed by atoms with van der Waals surface area (Å²) >= 11 is 1.60. The van der Waals surface area contributed by atoms with E-state index in [4.69, 9.17) is 10.5 Å². The summed E-state index contributed by atoms with van der Waals surface area (Å²) in [6.45, 7) is 1.02. The SMILES string of the molecule is NCc1cnc(COc2cccc3ccccc23)s1. The molecule has 1 aromatic heterocycles. The standard InChI is InChI=1S/C15H14N2OS/c16-8-12-9-17-15(19-12)10-18-14-7-3-5-11-4-1-2-6-13(11)14/h1-7,9H,8,10,16H2. The summed E-state index contributed by atoms with van der Waals surface area (Å²) in [6.07, 6.45) is 1.81. The highest BCUT2D eigenvalue weighted by molar-refractivity contribution is 7.11. The van der Waals surface area contributed by atoms with Crippen LogP contribution in [0.5, 0.6) is 5.75 Å². The van der Waals surface area contributed by atoms with Crippen LogP contribution >= 0.6 is 11.3 Å². The van der Waals surface area contributed by atoms with Gasteiger partial charge in [0.15, 0.2) is 0 Å². The zero-order valence-corrected chi connectivity index (χ0v) is 11.2. The number of rotatable bonds is 4. The van der Waals surface area contributed by atoms with Crippen molar-refractivity contribution < 1.29 is 4.74 Å². The van der Waals surface area contributed by atoms with Crippen molar-refractivity contribution in [3.63, 3.8) is 0 Å². The van der Waals surface area contributed by atoms with Crippen LogP contribution in [0, 0.1) is 0 Å². The van der Waals surface area contributed by atoms with Crippen LogP contribution in [0.3, 0.4) is 0 Å². The van der Waals surface area contributed by atoms with E-state index < -0.39 is 0 Å². The Morgan fingerprint density at radius 3 is 2.79 bits per heavy atom. The third-order valence-corrected chi connectivity index (χ3v) is 3.90. The van der Waals surface area contributed by atoms with Crippen LogP contribution in [0.2, 0.25) is 0 Å². The van der Waals surface area contributed by atoms with E-state index in [0.717, 1.165) is 21.0 Å². The highest BCUT2D eigenvalue weighted by Gasteiger charge is 2.04. The van der Waals surface area contributed by atoms with Gasteiger partial charge in [0.1, 0.15) is 17.4 Å². The summed E-state index contributed by atoms with van der Waals surface area (Å²) in [6, 6.07) is 14.3. The maximum atomic E-state index is 5.87. The number of hydrogen-bond acceptors (Lipinski definition) is 4. The van der Waals surface area contributed by atoms with Gasteiger partial charge in [0.25, 0.3) is 0 Å². The molecule has 0 saturated heterocycles. The normalized spacial score (nSPS) is 10.8. The average Bonchev–Trinajstić information content (AvgIpc) is 2.93. The second-order valence-corrected chi connectivity index (χ2v) is 5.39. The van der Waals surface area contributed by atoms with Crippen molar-refractivity contribution in [2.75, 3.05) is 0 Å². The van der Waals surface area contributed by atoms with Gasteiger partial charge in [-0.1, -0.05) is 36.4 Å². The van der Waals surface area contributed by atoms with Crippen molar-refractivity contribution in [3.05, 3.63) is 58.5 Å². The van der Waals surface area contributed by atoms with Crippen LogP contribution < -0.4 is 10.5 Å². The van der Waals surface area contributed by atoms with Crippen LogP contribution in [-0.2, 0) is 13.2 Å². The first-order valence-corrected chi connectivity index (χ1v) is 6.92. The molecule has 0 atom stereocenters. The lowest BCUT2D eigenvalue weighted by molar-refractivity contribution is 0.309. The van der Waals surface area contributed by atoms with E-state index in [1.165, 1.54) is 5.39 Å². The molecular formula is C15H14N2OS. The lowest BCUT2D eigenvalue weighted by Crippen LogP contribution is -1.95. The van der Waals surface area contributed by atoms with E-state index in [2.05, 4.69) is 23.2 Å². The summed E-state index contributed by atoms with van der Waals surface area (Å²) in [4.78, 5) is 5.38. The molecule has 2 N–H and O–H groups in total. The van der Waals surface area contributed by atoms with Crippen molar-refractivity contribution >= 4 is 22.1 Å². The van der Waals surface area contributed by atoms with E-state index in [-0.39, 0.29) is 0 Å². The highest BCUT2D eigenvalue weighted by atomic mass is 32.1. The van der Waals surface area contributed by atoms with E-state index in [1.807, 2.05) is 30.5 Å². The molecular weight excluding hydrogens is 256 g/mol. The van der Waals surface area contributed by atoms with Crippen molar-refractivity contribution in [1.29, 1.82) is 0 Å². The summed E-state index contributed by atoms with van der Waals surface area (Å²) in [5.74, 6) is 0.891. The van der Waals surface area contributed by atoms with E-state index >= 15 is 0 Å². The predicted molar refractivity (Wildman–Crippen MR) is 78.3 cm³/mol. The number of thiazole rings is 1. The topological polar surface area (TPSA) is 48.1 Å². The molecule has 0 unspecified atom stereocenters. The number of aromatic nitrogens is 1. The van der Waals surface area contributed by atoms with Gasteiger partial charge in [-0.15, -0.1) is 11.3 Å². The molecule has 0 saturated carbocycles. The first kappa shape index (κ1) is 12.1. The number of benzene rings is 2. The van der Waals surface area contributed by atoms with Crippen LogP contribution in [0.25, 0.3) is 10.8 Å². The third kappa shape index (κ3) is 2.59. The smallest absolute Gasteiger partial charge is 0.140 e. The Kier molecular flexibility index (Phi) is 3.44. The van der Waals surface area contributed by atoms with Crippen LogP contribution in [0.15, 0.2) is 48.7 Å². The van der Waals surface area contributed by atoms with Gasteiger partial charge in [0, 0.05) is 23.0 Å². The van der Waals surface area contributed by atoms with Gasteiger partial charge in [0.05, 0.1) is 0 Å². The molecule has 19 heavy (non-hydrogen) atoms. The Labute approximate surface area is 115 Å². The van der Waals surface area contributed by atoms with Crippen LogP contribution in [0.4, 0.5) is 0 Å². The Morgan fingerprint density at radius 1 is 1.11 bits per heavy atom. The first-order valence-electron chi connectivity index (χ1n) is 6.11. The zero-order chi connectivity index (χ0) is 13.1. The van der Waals surface area contributed by atoms with Crippen molar-refractivity contribution in [2.24, 2.45) is 5.73 Å². The minimum atomic E-state index is 0.485. The lowest BCUT2D eigenvalue weighted by atomic mass is 10.1. The molecule has 0 aliphatic rings. The van der Waals surface area contributed by atoms with Gasteiger partial charge in [-0.05, 0) is 11.5 Å². The Hall–Kier alpha value is -1.91. The van der Waals surface area contributed by atoms with E-state index in [0.29, 0.717) is 13.2 Å². The summed E-state index contributed by atoms with van der Waals surface area (Å²) in [5.41, 5.74) is 5.57. The molecule has 96 valence electrons. The fraction of sp³-hybridized carbons (Fsp3) is 0.133. The first-order chi connectivity index (χ1) is 9.36. The summed E-state index contributed by atoms with van der Waals surface area (Å²) < 4.78 is 5.87. The molecule has 0 spiro atoms. The minimum Gasteiger partial charge on any atom is -0.486 e. The summed E-state index contributed by atoms with van der Waals surface area (Å²) in [5, 5.41) is 3.26. The van der Waals surface area contributed by atoms with E-state index in [9.17, 15) is 0 Å². The molecule has 0 bridgehead atoms. The number of nitrogens with zero attached hydrogens (tertiary/aromatic N) is 1. The van der Waals surface area contributed by atoms with Crippen LogP contribution in [-0.4, -0.2) is 4.98 Å². The average molecular weight is 270 g/mol. The molecule has 0 amide bonds. The maximum absolute atomic E-state index is 5.87. The number of fused-ring (bicyclic) bond motifs is 1. The predicted octanol–water partition coefficient (Wildman–Crippen LogP) is 3.33. The van der Waals surface area contributed by atoms with Gasteiger partial charge >= 0.3 is 0 Å². The lowest BCUT2D eigenvalue weighted by Gasteiger charge is -2.07. The van der Waals surface area contributed by atoms with Gasteiger partial charge in [-0.3, -0.25) is 0 Å². The molecule has 0 fully saturated rings. The quantitative estimate of drug-likeness (QED) is 0.791. The minimum absolute atomic E-state index is 0.485. The van der Waals surface area contributed by atoms with Gasteiger partial charge < -0.3 is 10.5 Å². The molecule has 0 aliphatic carbocycles. The molecule has 3 nitrogen and oxygen atoms in total. The molecule has 0 radical (unpaired) electrons. The highest BCUT2D eigenvalue weighted by Crippen LogP contribution is 2.26. The molecule has 0 aliphatic heterocycles. The van der Waals surface area contributed by atoms with Gasteiger partial charge in [0.2, 0.25) is 0 Å². The van der Waals surface area contributed by atoms with Gasteiger partial charge in [-0.2, -0.15) is 0 Å². The Bertz CT molecular complexity index is 688. The summed E-state index contributed by atoms with van der Waals surface area (Å²) in [7, 11) is 0. The Balaban J connectivity index is 1.81. The van der Waals surface area contributed by atoms with E-state index in [1.54, 1.807) is 11.3 Å². The molecule has 1 heterocycles. The molecule has 3 rings (SSSR count). The molecule has 2 aromatic carbocycles. The number of nitrogens with two attached hydrogens (primary N) is 1. The largest absolute Gasteiger partial charge is 0.486 e. The third-order valence-electron chi connectivity index (χ3n) is 2.90. The van der Waals surface area contributed by atoms with Gasteiger partial charge in [-0.25, -0.2) is 4.98 Å². The van der Waals surface area contributed by atoms with Crippen molar-refractivity contribution in [1.82, 2.24) is 4.98 Å². The fourth-order valence-electron chi connectivity index (χ4n) is 1.97. The second-order valence-electron chi connectivity index (χ2n) is 4.19. The number of ether oxygens (including phenoxy) is 1.